The Bertz CT molecular complexity index is 1150. The smallest absolute Gasteiger partial charge is 0.306 e. The van der Waals surface area contributed by atoms with Gasteiger partial charge in [0.25, 0.3) is 0 Å². The summed E-state index contributed by atoms with van der Waals surface area (Å²) in [4.78, 5) is 52.2. The summed E-state index contributed by atoms with van der Waals surface area (Å²) in [5.74, 6) is -2.97. The van der Waals surface area contributed by atoms with Crippen LogP contribution in [-0.2, 0) is 33.4 Å². The summed E-state index contributed by atoms with van der Waals surface area (Å²) in [5.41, 5.74) is -3.63. The summed E-state index contributed by atoms with van der Waals surface area (Å²) >= 11 is 0. The molecule has 208 valence electrons. The molecule has 2 heterocycles. The van der Waals surface area contributed by atoms with E-state index in [1.165, 1.54) is 14.0 Å². The van der Waals surface area contributed by atoms with Gasteiger partial charge in [-0.05, 0) is 49.0 Å². The topological polar surface area (TPSA) is 129 Å². The van der Waals surface area contributed by atoms with Gasteiger partial charge in [-0.25, -0.2) is 0 Å². The summed E-state index contributed by atoms with van der Waals surface area (Å²) in [5, 5.41) is 12.2. The lowest BCUT2D eigenvalue weighted by Crippen LogP contribution is -2.76. The van der Waals surface area contributed by atoms with Gasteiger partial charge in [-0.15, -0.1) is 0 Å². The van der Waals surface area contributed by atoms with E-state index in [0.29, 0.717) is 12.8 Å². The van der Waals surface area contributed by atoms with Crippen LogP contribution in [0.3, 0.4) is 0 Å². The maximum absolute atomic E-state index is 14.3. The van der Waals surface area contributed by atoms with Gasteiger partial charge in [-0.2, -0.15) is 0 Å². The van der Waals surface area contributed by atoms with Gasteiger partial charge >= 0.3 is 17.9 Å². The van der Waals surface area contributed by atoms with Crippen molar-refractivity contribution in [2.45, 2.75) is 84.5 Å². The zero-order valence-corrected chi connectivity index (χ0v) is 22.9. The number of furan rings is 1. The molecule has 0 aromatic carbocycles. The van der Waals surface area contributed by atoms with Crippen LogP contribution in [-0.4, -0.2) is 47.6 Å². The zero-order valence-electron chi connectivity index (χ0n) is 22.9. The Morgan fingerprint density at radius 2 is 1.87 bits per heavy atom. The molecular weight excluding hydrogens is 492 g/mol. The van der Waals surface area contributed by atoms with Crippen LogP contribution in [0.2, 0.25) is 0 Å². The first-order valence-electron chi connectivity index (χ1n) is 13.4. The molecule has 3 aliphatic carbocycles. The molecule has 38 heavy (non-hydrogen) atoms. The second-order valence-electron chi connectivity index (χ2n) is 12.9. The lowest BCUT2D eigenvalue weighted by molar-refractivity contribution is -0.266. The van der Waals surface area contributed by atoms with Crippen LogP contribution in [0.15, 0.2) is 23.0 Å². The van der Waals surface area contributed by atoms with E-state index in [-0.39, 0.29) is 48.8 Å². The quantitative estimate of drug-likeness (QED) is 0.457. The van der Waals surface area contributed by atoms with Crippen molar-refractivity contribution in [1.29, 1.82) is 0 Å². The summed E-state index contributed by atoms with van der Waals surface area (Å²) < 4.78 is 21.9. The van der Waals surface area contributed by atoms with Crippen molar-refractivity contribution in [3.05, 3.63) is 24.2 Å². The maximum Gasteiger partial charge on any atom is 0.306 e. The van der Waals surface area contributed by atoms with Gasteiger partial charge in [0.05, 0.1) is 19.6 Å². The summed E-state index contributed by atoms with van der Waals surface area (Å²) in [7, 11) is 1.31. The van der Waals surface area contributed by atoms with Crippen LogP contribution in [0.25, 0.3) is 0 Å². The molecule has 3 saturated carbocycles. The number of methoxy groups -OCH3 is 1. The van der Waals surface area contributed by atoms with E-state index in [1.54, 1.807) is 18.6 Å². The number of aliphatic hydroxyl groups is 1. The van der Waals surface area contributed by atoms with Gasteiger partial charge in [0.1, 0.15) is 12.2 Å². The van der Waals surface area contributed by atoms with Gasteiger partial charge in [-0.3, -0.25) is 19.2 Å². The fourth-order valence-electron chi connectivity index (χ4n) is 9.18. The van der Waals surface area contributed by atoms with Gasteiger partial charge in [-0.1, -0.05) is 27.7 Å². The third-order valence-corrected chi connectivity index (χ3v) is 10.8. The first-order valence-corrected chi connectivity index (χ1v) is 13.4. The molecule has 2 bridgehead atoms. The number of hydrogen-bond donors (Lipinski definition) is 1. The Morgan fingerprint density at radius 3 is 2.47 bits per heavy atom. The molecule has 4 fully saturated rings. The van der Waals surface area contributed by atoms with Gasteiger partial charge in [0.2, 0.25) is 0 Å². The molecule has 0 radical (unpaired) electrons. The molecule has 1 N–H and O–H groups in total. The van der Waals surface area contributed by atoms with Gasteiger partial charge < -0.3 is 23.7 Å². The number of esters is 3. The Kier molecular flexibility index (Phi) is 6.13. The average molecular weight is 531 g/mol. The highest BCUT2D eigenvalue weighted by atomic mass is 16.6. The maximum atomic E-state index is 14.3. The number of carbonyl (C=O) groups is 4. The Labute approximate surface area is 222 Å². The number of cyclic esters (lactones) is 1. The molecular formula is C29H38O9. The molecule has 9 nitrogen and oxygen atoms in total. The van der Waals surface area contributed by atoms with Crippen LogP contribution in [0.4, 0.5) is 0 Å². The fourth-order valence-corrected chi connectivity index (χ4v) is 9.18. The predicted molar refractivity (Wildman–Crippen MR) is 132 cm³/mol. The Balaban J connectivity index is 1.65. The standard InChI is InChI=1S/C29H38O9/c1-15(30)37-25-26(2,3)20(12-21(31)35-6)28(5)18-7-9-27(4)19(17(18)13-29(25,34)24(28)33)11-22(32)38-23(27)16-8-10-36-14-16/h8,10,14,17-20,23,25,34H,7,9,11-13H2,1-6H3. The van der Waals surface area contributed by atoms with Crippen LogP contribution in [0.5, 0.6) is 0 Å². The van der Waals surface area contributed by atoms with Crippen LogP contribution in [0.1, 0.15) is 78.4 Å². The molecule has 0 amide bonds. The van der Waals surface area contributed by atoms with E-state index in [4.69, 9.17) is 18.6 Å². The molecule has 9 unspecified atom stereocenters. The SMILES string of the molecule is COC(=O)CC1C(C)(C)C(OC(C)=O)C2(O)CC3C4CC(=O)OC(c5ccoc5)C4(C)CCC3C1(C)C2=O. The number of ketones is 1. The highest BCUT2D eigenvalue weighted by molar-refractivity contribution is 5.96. The summed E-state index contributed by atoms with van der Waals surface area (Å²) in [6.07, 6.45) is 3.02. The van der Waals surface area contributed by atoms with E-state index >= 15 is 0 Å². The molecule has 9 atom stereocenters. The molecule has 4 aliphatic rings. The second kappa shape index (κ2) is 8.66. The van der Waals surface area contributed by atoms with E-state index in [1.807, 2.05) is 20.8 Å². The molecule has 0 spiro atoms. The molecule has 1 aliphatic heterocycles. The lowest BCUT2D eigenvalue weighted by Gasteiger charge is -2.68. The number of carbonyl (C=O) groups excluding carboxylic acids is 4. The van der Waals surface area contributed by atoms with E-state index < -0.39 is 51.9 Å². The van der Waals surface area contributed by atoms with E-state index in [0.717, 1.165) is 5.56 Å². The number of ether oxygens (including phenoxy) is 3. The van der Waals surface area contributed by atoms with E-state index in [9.17, 15) is 24.3 Å². The minimum absolute atomic E-state index is 0.0512. The highest BCUT2D eigenvalue weighted by Gasteiger charge is 2.76. The van der Waals surface area contributed by atoms with Gasteiger partial charge in [0.15, 0.2) is 11.4 Å². The minimum atomic E-state index is -1.96. The first kappa shape index (κ1) is 26.9. The number of fused-ring (bicyclic) bond motifs is 6. The number of Topliss-reactive ketones (excluding diaryl/α,β-unsaturated/α-hetero) is 1. The van der Waals surface area contributed by atoms with Gasteiger partial charge in [0, 0.05) is 41.6 Å². The largest absolute Gasteiger partial charge is 0.472 e. The van der Waals surface area contributed by atoms with Crippen molar-refractivity contribution in [3.63, 3.8) is 0 Å². The summed E-state index contributed by atoms with van der Waals surface area (Å²) in [6.45, 7) is 8.92. The van der Waals surface area contributed by atoms with Crippen molar-refractivity contribution in [2.24, 2.45) is 39.9 Å². The van der Waals surface area contributed by atoms with Crippen LogP contribution >= 0.6 is 0 Å². The van der Waals surface area contributed by atoms with Crippen molar-refractivity contribution in [2.75, 3.05) is 7.11 Å². The first-order chi connectivity index (χ1) is 17.7. The van der Waals surface area contributed by atoms with Crippen LogP contribution in [0, 0.1) is 39.9 Å². The third kappa shape index (κ3) is 3.53. The normalized spacial score (nSPS) is 43.3. The zero-order chi connectivity index (χ0) is 27.8. The molecule has 9 heteroatoms. The minimum Gasteiger partial charge on any atom is -0.472 e. The average Bonchev–Trinajstić information content (AvgIpc) is 3.38. The third-order valence-electron chi connectivity index (χ3n) is 10.8. The van der Waals surface area contributed by atoms with Crippen molar-refractivity contribution in [1.82, 2.24) is 0 Å². The fraction of sp³-hybridized carbons (Fsp3) is 0.724. The van der Waals surface area contributed by atoms with Crippen molar-refractivity contribution >= 4 is 23.7 Å². The van der Waals surface area contributed by atoms with Crippen molar-refractivity contribution in [3.8, 4) is 0 Å². The Morgan fingerprint density at radius 1 is 1.16 bits per heavy atom. The number of rotatable bonds is 4. The van der Waals surface area contributed by atoms with E-state index in [2.05, 4.69) is 6.92 Å². The molecule has 1 saturated heterocycles. The van der Waals surface area contributed by atoms with Crippen molar-refractivity contribution < 1.29 is 42.9 Å². The molecule has 1 aromatic rings. The van der Waals surface area contributed by atoms with Crippen LogP contribution < -0.4 is 0 Å². The lowest BCUT2D eigenvalue weighted by atomic mass is 9.36. The molecule has 5 rings (SSSR count). The predicted octanol–water partition coefficient (Wildman–Crippen LogP) is 3.78. The molecule has 1 aromatic heterocycles. The summed E-state index contributed by atoms with van der Waals surface area (Å²) in [6, 6.07) is 1.80. The monoisotopic (exact) mass is 530 g/mol. The highest BCUT2D eigenvalue weighted by Crippen LogP contribution is 2.70. The Hall–Kier alpha value is -2.68. The number of hydrogen-bond acceptors (Lipinski definition) is 9. The second-order valence-corrected chi connectivity index (χ2v) is 12.9.